The maximum Gasteiger partial charge on any atom is 0.410 e. The van der Waals surface area contributed by atoms with Crippen molar-refractivity contribution in [2.75, 3.05) is 19.6 Å². The van der Waals surface area contributed by atoms with E-state index in [2.05, 4.69) is 39.0 Å². The molecule has 6 nitrogen and oxygen atoms in total. The van der Waals surface area contributed by atoms with Crippen LogP contribution in [0.2, 0.25) is 0 Å². The molecule has 35 heavy (non-hydrogen) atoms. The van der Waals surface area contributed by atoms with Crippen LogP contribution in [0, 0.1) is 5.92 Å². The summed E-state index contributed by atoms with van der Waals surface area (Å²) in [5.74, 6) is 0.674. The van der Waals surface area contributed by atoms with E-state index in [-0.39, 0.29) is 23.5 Å². The van der Waals surface area contributed by atoms with Gasteiger partial charge in [-0.3, -0.25) is 4.79 Å². The number of rotatable bonds is 3. The average molecular weight is 478 g/mol. The van der Waals surface area contributed by atoms with Gasteiger partial charge in [0.1, 0.15) is 6.10 Å². The van der Waals surface area contributed by atoms with Crippen molar-refractivity contribution in [3.05, 3.63) is 35.4 Å². The fourth-order valence-corrected chi connectivity index (χ4v) is 7.81. The summed E-state index contributed by atoms with van der Waals surface area (Å²) in [6.45, 7) is 3.87. The average Bonchev–Trinajstić information content (AvgIpc) is 3.66. The molecule has 2 bridgehead atoms. The van der Waals surface area contributed by atoms with E-state index in [4.69, 9.17) is 4.74 Å². The Hall–Kier alpha value is -2.08. The Morgan fingerprint density at radius 3 is 2.26 bits per heavy atom. The molecule has 3 saturated heterocycles. The molecule has 2 saturated carbocycles. The standard InChI is InChI=1S/C29H39N3O3/c33-27(20-8-9-20)31-18-21-4-1-2-7-26(21)29(19-31)12-14-30(15-13-29)24-16-22-10-11-23(17-24)32(22)28(34)35-25-5-3-6-25/h1-2,4,7,20,22-25H,3,5-6,8-19H2. The minimum Gasteiger partial charge on any atom is -0.446 e. The van der Waals surface area contributed by atoms with Crippen LogP contribution < -0.4 is 0 Å². The second-order valence-corrected chi connectivity index (χ2v) is 12.3. The van der Waals surface area contributed by atoms with Crippen LogP contribution in [0.25, 0.3) is 0 Å². The molecule has 2 aliphatic carbocycles. The lowest BCUT2D eigenvalue weighted by atomic mass is 9.68. The zero-order valence-corrected chi connectivity index (χ0v) is 20.9. The topological polar surface area (TPSA) is 53.1 Å². The Kier molecular flexibility index (Phi) is 5.38. The molecule has 0 aromatic heterocycles. The summed E-state index contributed by atoms with van der Waals surface area (Å²) in [6, 6.07) is 10.2. The minimum absolute atomic E-state index is 0.0440. The lowest BCUT2D eigenvalue weighted by molar-refractivity contribution is -0.135. The van der Waals surface area contributed by atoms with E-state index in [1.807, 2.05) is 0 Å². The van der Waals surface area contributed by atoms with E-state index in [1.165, 1.54) is 17.5 Å². The minimum atomic E-state index is -0.0440. The van der Waals surface area contributed by atoms with Gasteiger partial charge in [-0.1, -0.05) is 24.3 Å². The molecule has 1 aromatic carbocycles. The molecule has 7 rings (SSSR count). The molecule has 6 heteroatoms. The number of hydrogen-bond donors (Lipinski definition) is 0. The lowest BCUT2D eigenvalue weighted by Crippen LogP contribution is -2.58. The number of fused-ring (bicyclic) bond motifs is 4. The fraction of sp³-hybridized carbons (Fsp3) is 0.724. The molecule has 5 fully saturated rings. The highest BCUT2D eigenvalue weighted by Gasteiger charge is 2.49. The highest BCUT2D eigenvalue weighted by Crippen LogP contribution is 2.45. The first kappa shape index (κ1) is 22.1. The first-order valence-electron chi connectivity index (χ1n) is 14.2. The van der Waals surface area contributed by atoms with E-state index in [9.17, 15) is 9.59 Å². The van der Waals surface area contributed by atoms with Crippen molar-refractivity contribution in [2.45, 2.75) is 107 Å². The van der Waals surface area contributed by atoms with Crippen LogP contribution >= 0.6 is 0 Å². The van der Waals surface area contributed by atoms with Crippen LogP contribution in [0.1, 0.15) is 81.8 Å². The monoisotopic (exact) mass is 477 g/mol. The van der Waals surface area contributed by atoms with Crippen molar-refractivity contribution in [1.82, 2.24) is 14.7 Å². The molecule has 188 valence electrons. The summed E-state index contributed by atoms with van der Waals surface area (Å²) in [5, 5.41) is 0. The summed E-state index contributed by atoms with van der Waals surface area (Å²) in [6.07, 6.45) is 12.2. The van der Waals surface area contributed by atoms with E-state index in [1.54, 1.807) is 0 Å². The van der Waals surface area contributed by atoms with Gasteiger partial charge >= 0.3 is 6.09 Å². The second kappa shape index (κ2) is 8.50. The Balaban J connectivity index is 1.03. The number of amides is 2. The van der Waals surface area contributed by atoms with E-state index >= 15 is 0 Å². The Morgan fingerprint density at radius 2 is 1.60 bits per heavy atom. The largest absolute Gasteiger partial charge is 0.446 e. The Morgan fingerprint density at radius 1 is 0.886 bits per heavy atom. The van der Waals surface area contributed by atoms with Gasteiger partial charge in [-0.05, 0) is 94.8 Å². The van der Waals surface area contributed by atoms with Gasteiger partial charge in [-0.15, -0.1) is 0 Å². The number of piperidine rings is 2. The fourth-order valence-electron chi connectivity index (χ4n) is 7.81. The predicted molar refractivity (Wildman–Crippen MR) is 133 cm³/mol. The molecule has 6 aliphatic rings. The van der Waals surface area contributed by atoms with Crippen LogP contribution in [0.4, 0.5) is 4.79 Å². The van der Waals surface area contributed by atoms with Crippen molar-refractivity contribution in [2.24, 2.45) is 5.92 Å². The first-order valence-corrected chi connectivity index (χ1v) is 14.2. The number of likely N-dealkylation sites (tertiary alicyclic amines) is 1. The van der Waals surface area contributed by atoms with Gasteiger partial charge in [0, 0.05) is 42.5 Å². The Bertz CT molecular complexity index is 981. The van der Waals surface area contributed by atoms with Crippen molar-refractivity contribution in [1.29, 1.82) is 0 Å². The SMILES string of the molecule is O=C(C1CC1)N1Cc2ccccc2C2(CCN(C3CC4CCC(C3)N4C(=O)OC3CCC3)CC2)C1. The summed E-state index contributed by atoms with van der Waals surface area (Å²) in [7, 11) is 0. The van der Waals surface area contributed by atoms with Gasteiger partial charge in [0.15, 0.2) is 0 Å². The third-order valence-corrected chi connectivity index (χ3v) is 10.2. The number of ether oxygens (including phenoxy) is 1. The van der Waals surface area contributed by atoms with Crippen molar-refractivity contribution in [3.63, 3.8) is 0 Å². The van der Waals surface area contributed by atoms with E-state index < -0.39 is 0 Å². The summed E-state index contributed by atoms with van der Waals surface area (Å²) >= 11 is 0. The highest BCUT2D eigenvalue weighted by atomic mass is 16.6. The van der Waals surface area contributed by atoms with Crippen LogP contribution in [0.5, 0.6) is 0 Å². The van der Waals surface area contributed by atoms with Gasteiger partial charge in [-0.2, -0.15) is 0 Å². The zero-order valence-electron chi connectivity index (χ0n) is 20.9. The van der Waals surface area contributed by atoms with Crippen molar-refractivity contribution >= 4 is 12.0 Å². The smallest absolute Gasteiger partial charge is 0.410 e. The van der Waals surface area contributed by atoms with Crippen LogP contribution in [-0.2, 0) is 21.5 Å². The molecule has 1 aromatic rings. The summed E-state index contributed by atoms with van der Waals surface area (Å²) < 4.78 is 5.79. The quantitative estimate of drug-likeness (QED) is 0.645. The third-order valence-electron chi connectivity index (χ3n) is 10.2. The van der Waals surface area contributed by atoms with Gasteiger partial charge < -0.3 is 19.4 Å². The van der Waals surface area contributed by atoms with Crippen molar-refractivity contribution < 1.29 is 14.3 Å². The van der Waals surface area contributed by atoms with Crippen LogP contribution in [0.3, 0.4) is 0 Å². The first-order chi connectivity index (χ1) is 17.1. The molecule has 0 radical (unpaired) electrons. The van der Waals surface area contributed by atoms with Gasteiger partial charge in [-0.25, -0.2) is 4.79 Å². The molecular formula is C29H39N3O3. The molecule has 4 heterocycles. The number of nitrogens with zero attached hydrogens (tertiary/aromatic N) is 3. The molecule has 2 unspecified atom stereocenters. The number of carbonyl (C=O) groups is 2. The molecular weight excluding hydrogens is 438 g/mol. The summed E-state index contributed by atoms with van der Waals surface area (Å²) in [4.78, 5) is 32.9. The maximum absolute atomic E-state index is 13.0. The Labute approximate surface area is 209 Å². The number of hydrogen-bond acceptors (Lipinski definition) is 4. The predicted octanol–water partition coefficient (Wildman–Crippen LogP) is 4.46. The number of carbonyl (C=O) groups excluding carboxylic acids is 2. The van der Waals surface area contributed by atoms with E-state index in [0.717, 1.165) is 90.4 Å². The highest BCUT2D eigenvalue weighted by molar-refractivity contribution is 5.81. The van der Waals surface area contributed by atoms with E-state index in [0.29, 0.717) is 24.0 Å². The summed E-state index contributed by atoms with van der Waals surface area (Å²) in [5.41, 5.74) is 2.95. The van der Waals surface area contributed by atoms with Crippen LogP contribution in [-0.4, -0.2) is 70.6 Å². The van der Waals surface area contributed by atoms with Crippen LogP contribution in [0.15, 0.2) is 24.3 Å². The molecule has 1 spiro atoms. The lowest BCUT2D eigenvalue weighted by Gasteiger charge is -2.51. The number of benzene rings is 1. The normalized spacial score (nSPS) is 32.3. The van der Waals surface area contributed by atoms with Gasteiger partial charge in [0.25, 0.3) is 0 Å². The second-order valence-electron chi connectivity index (χ2n) is 12.3. The zero-order chi connectivity index (χ0) is 23.6. The molecule has 2 atom stereocenters. The molecule has 4 aliphatic heterocycles. The third kappa shape index (κ3) is 3.87. The van der Waals surface area contributed by atoms with Gasteiger partial charge in [0.2, 0.25) is 5.91 Å². The van der Waals surface area contributed by atoms with Gasteiger partial charge in [0.05, 0.1) is 0 Å². The molecule has 2 amide bonds. The maximum atomic E-state index is 13.0. The van der Waals surface area contributed by atoms with Crippen molar-refractivity contribution in [3.8, 4) is 0 Å². The molecule has 0 N–H and O–H groups in total.